The van der Waals surface area contributed by atoms with Crippen LogP contribution in [0, 0.1) is 5.82 Å². The van der Waals surface area contributed by atoms with E-state index in [1.165, 1.54) is 0 Å². The van der Waals surface area contributed by atoms with Gasteiger partial charge in [-0.15, -0.1) is 0 Å². The van der Waals surface area contributed by atoms with Gasteiger partial charge in [0, 0.05) is 12.6 Å². The fraction of sp³-hybridized carbons (Fsp3) is 0.571. The van der Waals surface area contributed by atoms with E-state index in [-0.39, 0.29) is 12.6 Å². The molecule has 0 aromatic heterocycles. The van der Waals surface area contributed by atoms with Gasteiger partial charge in [0.2, 0.25) is 0 Å². The maximum atomic E-state index is 13.2. The van der Waals surface area contributed by atoms with Crippen LogP contribution in [-0.4, -0.2) is 6.04 Å². The number of halogens is 4. The Hall–Kier alpha value is -1.10. The van der Waals surface area contributed by atoms with Crippen LogP contribution in [0.25, 0.3) is 0 Å². The summed E-state index contributed by atoms with van der Waals surface area (Å²) in [5.74, 6) is -0.854. The molecule has 0 saturated heterocycles. The van der Waals surface area contributed by atoms with E-state index >= 15 is 0 Å². The molecule has 1 N–H and O–H groups in total. The Morgan fingerprint density at radius 1 is 1.21 bits per heavy atom. The Morgan fingerprint density at radius 3 is 2.47 bits per heavy atom. The first-order valence-electron chi connectivity index (χ1n) is 6.43. The van der Waals surface area contributed by atoms with Crippen LogP contribution < -0.4 is 5.32 Å². The highest BCUT2D eigenvalue weighted by molar-refractivity contribution is 5.26. The lowest BCUT2D eigenvalue weighted by Gasteiger charge is -2.14. The van der Waals surface area contributed by atoms with E-state index in [0.717, 1.165) is 31.4 Å². The summed E-state index contributed by atoms with van der Waals surface area (Å²) in [5.41, 5.74) is -0.624. The molecule has 1 unspecified atom stereocenters. The van der Waals surface area contributed by atoms with Crippen LogP contribution in [0.3, 0.4) is 0 Å². The van der Waals surface area contributed by atoms with Crippen molar-refractivity contribution in [3.05, 3.63) is 35.1 Å². The van der Waals surface area contributed by atoms with Crippen molar-refractivity contribution in [2.45, 2.75) is 51.9 Å². The van der Waals surface area contributed by atoms with Crippen molar-refractivity contribution >= 4 is 0 Å². The van der Waals surface area contributed by atoms with Gasteiger partial charge in [0.15, 0.2) is 0 Å². The molecule has 0 spiro atoms. The Bertz CT molecular complexity index is 401. The lowest BCUT2D eigenvalue weighted by Crippen LogP contribution is -2.25. The number of rotatable bonds is 6. The number of alkyl halides is 3. The third-order valence-electron chi connectivity index (χ3n) is 2.93. The predicted octanol–water partition coefficient (Wildman–Crippen LogP) is 4.51. The van der Waals surface area contributed by atoms with Crippen LogP contribution in [0.2, 0.25) is 0 Å². The van der Waals surface area contributed by atoms with E-state index in [0.29, 0.717) is 11.6 Å². The predicted molar refractivity (Wildman–Crippen MR) is 67.2 cm³/mol. The van der Waals surface area contributed by atoms with Gasteiger partial charge < -0.3 is 5.32 Å². The van der Waals surface area contributed by atoms with Gasteiger partial charge in [-0.1, -0.05) is 19.8 Å². The molecule has 108 valence electrons. The number of nitrogens with one attached hydrogen (secondary N) is 1. The van der Waals surface area contributed by atoms with E-state index in [2.05, 4.69) is 12.2 Å². The maximum Gasteiger partial charge on any atom is 0.416 e. The average molecular weight is 277 g/mol. The van der Waals surface area contributed by atoms with Crippen molar-refractivity contribution < 1.29 is 17.6 Å². The zero-order valence-electron chi connectivity index (χ0n) is 11.1. The third kappa shape index (κ3) is 5.59. The normalized spacial score (nSPS) is 13.6. The Morgan fingerprint density at radius 2 is 1.89 bits per heavy atom. The van der Waals surface area contributed by atoms with Crippen LogP contribution in [0.15, 0.2) is 18.2 Å². The zero-order chi connectivity index (χ0) is 14.5. The van der Waals surface area contributed by atoms with E-state index < -0.39 is 17.6 Å². The van der Waals surface area contributed by atoms with Gasteiger partial charge in [0.25, 0.3) is 0 Å². The van der Waals surface area contributed by atoms with Gasteiger partial charge in [-0.2, -0.15) is 13.2 Å². The van der Waals surface area contributed by atoms with Crippen molar-refractivity contribution in [1.29, 1.82) is 0 Å². The second-order valence-electron chi connectivity index (χ2n) is 4.77. The number of unbranched alkanes of at least 4 members (excludes halogenated alkanes) is 1. The summed E-state index contributed by atoms with van der Waals surface area (Å²) in [6.45, 7) is 4.29. The quantitative estimate of drug-likeness (QED) is 0.754. The largest absolute Gasteiger partial charge is 0.416 e. The molecule has 1 aromatic carbocycles. The molecule has 0 fully saturated rings. The van der Waals surface area contributed by atoms with E-state index in [4.69, 9.17) is 0 Å². The summed E-state index contributed by atoms with van der Waals surface area (Å²) in [5, 5.41) is 3.11. The number of hydrogen-bond acceptors (Lipinski definition) is 1. The van der Waals surface area contributed by atoms with Crippen molar-refractivity contribution in [3.63, 3.8) is 0 Å². The molecule has 0 aliphatic carbocycles. The van der Waals surface area contributed by atoms with Gasteiger partial charge in [-0.3, -0.25) is 0 Å². The highest BCUT2D eigenvalue weighted by atomic mass is 19.4. The van der Waals surface area contributed by atoms with Crippen LogP contribution in [0.5, 0.6) is 0 Å². The molecule has 0 amide bonds. The lowest BCUT2D eigenvalue weighted by molar-refractivity contribution is -0.137. The van der Waals surface area contributed by atoms with E-state index in [1.807, 2.05) is 6.92 Å². The minimum Gasteiger partial charge on any atom is -0.310 e. The molecule has 5 heteroatoms. The molecule has 0 aliphatic heterocycles. The highest BCUT2D eigenvalue weighted by Gasteiger charge is 2.31. The topological polar surface area (TPSA) is 12.0 Å². The maximum absolute atomic E-state index is 13.2. The minimum absolute atomic E-state index is 0.206. The summed E-state index contributed by atoms with van der Waals surface area (Å²) in [4.78, 5) is 0. The second kappa shape index (κ2) is 6.89. The monoisotopic (exact) mass is 277 g/mol. The first kappa shape index (κ1) is 16.0. The fourth-order valence-electron chi connectivity index (χ4n) is 1.82. The first-order chi connectivity index (χ1) is 8.82. The summed E-state index contributed by atoms with van der Waals surface area (Å²) in [7, 11) is 0. The van der Waals surface area contributed by atoms with Gasteiger partial charge in [-0.25, -0.2) is 4.39 Å². The van der Waals surface area contributed by atoms with Crippen molar-refractivity contribution in [2.75, 3.05) is 0 Å². The number of hydrogen-bond donors (Lipinski definition) is 1. The summed E-state index contributed by atoms with van der Waals surface area (Å²) < 4.78 is 50.7. The highest BCUT2D eigenvalue weighted by Crippen LogP contribution is 2.30. The van der Waals surface area contributed by atoms with Gasteiger partial charge >= 0.3 is 6.18 Å². The molecule has 0 radical (unpaired) electrons. The summed E-state index contributed by atoms with van der Waals surface area (Å²) in [6, 6.07) is 2.85. The first-order valence-corrected chi connectivity index (χ1v) is 6.43. The summed E-state index contributed by atoms with van der Waals surface area (Å²) >= 11 is 0. The van der Waals surface area contributed by atoms with Gasteiger partial charge in [0.1, 0.15) is 5.82 Å². The molecule has 0 bridgehead atoms. The van der Waals surface area contributed by atoms with Crippen LogP contribution >= 0.6 is 0 Å². The third-order valence-corrected chi connectivity index (χ3v) is 2.93. The van der Waals surface area contributed by atoms with Crippen LogP contribution in [0.4, 0.5) is 17.6 Å². The van der Waals surface area contributed by atoms with E-state index in [1.54, 1.807) is 0 Å². The van der Waals surface area contributed by atoms with Crippen LogP contribution in [-0.2, 0) is 12.7 Å². The van der Waals surface area contributed by atoms with Crippen LogP contribution in [0.1, 0.15) is 44.2 Å². The molecular weight excluding hydrogens is 258 g/mol. The molecule has 1 rings (SSSR count). The van der Waals surface area contributed by atoms with Crippen molar-refractivity contribution in [2.24, 2.45) is 0 Å². The molecule has 19 heavy (non-hydrogen) atoms. The standard InChI is InChI=1S/C14H19F4N/c1-3-4-5-10(2)19-9-11-6-12(14(16,17)18)8-13(15)7-11/h6-8,10,19H,3-5,9H2,1-2H3. The summed E-state index contributed by atoms with van der Waals surface area (Å²) in [6.07, 6.45) is -1.42. The second-order valence-corrected chi connectivity index (χ2v) is 4.77. The van der Waals surface area contributed by atoms with E-state index in [9.17, 15) is 17.6 Å². The molecule has 1 aromatic rings. The smallest absolute Gasteiger partial charge is 0.310 e. The molecule has 0 saturated carbocycles. The molecule has 0 aliphatic rings. The van der Waals surface area contributed by atoms with Crippen molar-refractivity contribution in [3.8, 4) is 0 Å². The fourth-order valence-corrected chi connectivity index (χ4v) is 1.82. The Kier molecular flexibility index (Phi) is 5.79. The SMILES string of the molecule is CCCCC(C)NCc1cc(F)cc(C(F)(F)F)c1. The molecule has 0 heterocycles. The average Bonchev–Trinajstić information content (AvgIpc) is 2.32. The number of benzene rings is 1. The van der Waals surface area contributed by atoms with Gasteiger partial charge in [0.05, 0.1) is 5.56 Å². The zero-order valence-corrected chi connectivity index (χ0v) is 11.1. The minimum atomic E-state index is -4.51. The van der Waals surface area contributed by atoms with Crippen molar-refractivity contribution in [1.82, 2.24) is 5.32 Å². The molecule has 1 atom stereocenters. The van der Waals surface area contributed by atoms with Gasteiger partial charge in [-0.05, 0) is 37.1 Å². The Balaban J connectivity index is 2.66. The molecular formula is C14H19F4N. The molecule has 1 nitrogen and oxygen atoms in total. The lowest BCUT2D eigenvalue weighted by atomic mass is 10.1. The Labute approximate surface area is 111 Å².